The van der Waals surface area contributed by atoms with Gasteiger partial charge in [0.05, 0.1) is 13.7 Å². The lowest BCUT2D eigenvalue weighted by molar-refractivity contribution is -0.119. The first kappa shape index (κ1) is 11.3. The number of hydrogen-bond acceptors (Lipinski definition) is 3. The van der Waals surface area contributed by atoms with Crippen LogP contribution in [0.3, 0.4) is 0 Å². The van der Waals surface area contributed by atoms with Crippen LogP contribution < -0.4 is 0 Å². The zero-order valence-electron chi connectivity index (χ0n) is 8.16. The van der Waals surface area contributed by atoms with Gasteiger partial charge in [-0.2, -0.15) is 0 Å². The Morgan fingerprint density at radius 3 is 3.00 bits per heavy atom. The Balaban J connectivity index is 2.43. The molecule has 1 aliphatic heterocycles. The minimum absolute atomic E-state index is 0.0483. The van der Waals surface area contributed by atoms with Crippen LogP contribution in [-0.2, 0) is 9.53 Å². The molecule has 0 aliphatic carbocycles. The van der Waals surface area contributed by atoms with E-state index in [0.29, 0.717) is 12.4 Å². The fourth-order valence-corrected chi connectivity index (χ4v) is 1.75. The van der Waals surface area contributed by atoms with Gasteiger partial charge in [0.15, 0.2) is 5.78 Å². The average Bonchev–Trinajstić information content (AvgIpc) is 2.56. The molecule has 0 aromatic heterocycles. The third kappa shape index (κ3) is 2.61. The van der Waals surface area contributed by atoms with Crippen LogP contribution in [0, 0.1) is 5.92 Å². The van der Waals surface area contributed by atoms with Crippen molar-refractivity contribution in [1.29, 1.82) is 0 Å². The molecule has 0 aromatic rings. The summed E-state index contributed by atoms with van der Waals surface area (Å²) in [6.07, 6.45) is 1.15. The molecular formula is C9H14ClNO3. The first-order chi connectivity index (χ1) is 6.69. The van der Waals surface area contributed by atoms with E-state index in [1.807, 2.05) is 0 Å². The summed E-state index contributed by atoms with van der Waals surface area (Å²) in [7, 11) is 1.32. The topological polar surface area (TPSA) is 46.6 Å². The highest BCUT2D eigenvalue weighted by Crippen LogP contribution is 2.18. The number of rotatable bonds is 3. The van der Waals surface area contributed by atoms with E-state index in [1.54, 1.807) is 0 Å². The van der Waals surface area contributed by atoms with E-state index >= 15 is 0 Å². The molecule has 1 atom stereocenters. The number of Topliss-reactive ketones (excluding diaryl/α,β-unsaturated/α-hetero) is 1. The van der Waals surface area contributed by atoms with Crippen molar-refractivity contribution in [2.24, 2.45) is 5.92 Å². The van der Waals surface area contributed by atoms with Gasteiger partial charge in [0.1, 0.15) is 0 Å². The molecule has 0 N–H and O–H groups in total. The van der Waals surface area contributed by atoms with E-state index in [4.69, 9.17) is 11.6 Å². The van der Waals surface area contributed by atoms with Crippen molar-refractivity contribution in [1.82, 2.24) is 4.90 Å². The fourth-order valence-electron chi connectivity index (χ4n) is 1.59. The van der Waals surface area contributed by atoms with Crippen molar-refractivity contribution in [3.8, 4) is 0 Å². The fraction of sp³-hybridized carbons (Fsp3) is 0.778. The minimum atomic E-state index is -0.424. The number of carbonyl (C=O) groups excluding carboxylic acids is 2. The molecule has 1 saturated heterocycles. The van der Waals surface area contributed by atoms with E-state index in [1.165, 1.54) is 12.0 Å². The van der Waals surface area contributed by atoms with E-state index in [-0.39, 0.29) is 18.2 Å². The summed E-state index contributed by atoms with van der Waals surface area (Å²) in [4.78, 5) is 24.0. The smallest absolute Gasteiger partial charge is 0.409 e. The molecule has 1 amide bonds. The van der Waals surface area contributed by atoms with Crippen LogP contribution in [0.15, 0.2) is 0 Å². The summed E-state index contributed by atoms with van der Waals surface area (Å²) in [6.45, 7) is 0.655. The molecule has 0 bridgehead atoms. The average molecular weight is 220 g/mol. The highest BCUT2D eigenvalue weighted by Gasteiger charge is 2.33. The molecule has 0 saturated carbocycles. The number of alkyl halides is 1. The predicted molar refractivity (Wildman–Crippen MR) is 52.4 cm³/mol. The highest BCUT2D eigenvalue weighted by atomic mass is 35.5. The van der Waals surface area contributed by atoms with Gasteiger partial charge in [-0.25, -0.2) is 4.79 Å². The summed E-state index contributed by atoms with van der Waals surface area (Å²) in [6, 6.07) is 0. The lowest BCUT2D eigenvalue weighted by atomic mass is 10.0. The predicted octanol–water partition coefficient (Wildman–Crippen LogP) is 1.27. The molecule has 1 unspecified atom stereocenters. The van der Waals surface area contributed by atoms with Gasteiger partial charge in [0.25, 0.3) is 0 Å². The highest BCUT2D eigenvalue weighted by molar-refractivity contribution is 6.17. The summed E-state index contributed by atoms with van der Waals surface area (Å²) in [5.74, 6) is 0.621. The van der Waals surface area contributed by atoms with Crippen molar-refractivity contribution in [2.75, 3.05) is 26.1 Å². The summed E-state index contributed by atoms with van der Waals surface area (Å²) in [5.41, 5.74) is 0. The van der Waals surface area contributed by atoms with Gasteiger partial charge in [0.2, 0.25) is 0 Å². The molecular weight excluding hydrogens is 206 g/mol. The number of ketones is 1. The van der Waals surface area contributed by atoms with E-state index in [2.05, 4.69) is 4.74 Å². The van der Waals surface area contributed by atoms with Gasteiger partial charge < -0.3 is 9.64 Å². The first-order valence-electron chi connectivity index (χ1n) is 4.60. The second kappa shape index (κ2) is 5.20. The van der Waals surface area contributed by atoms with Crippen LogP contribution >= 0.6 is 11.6 Å². The van der Waals surface area contributed by atoms with Crippen molar-refractivity contribution >= 4 is 23.5 Å². The lowest BCUT2D eigenvalue weighted by Crippen LogP contribution is -2.28. The summed E-state index contributed by atoms with van der Waals surface area (Å²) < 4.78 is 4.54. The Morgan fingerprint density at radius 1 is 1.71 bits per heavy atom. The third-order valence-electron chi connectivity index (χ3n) is 2.36. The molecule has 1 rings (SSSR count). The Kier molecular flexibility index (Phi) is 4.20. The standard InChI is InChI=1S/C9H14ClNO3/c1-14-9(13)11-5-7(3-2-4-10)8(12)6-11/h7H,2-6H2,1H3. The maximum Gasteiger partial charge on any atom is 0.409 e. The van der Waals surface area contributed by atoms with E-state index < -0.39 is 6.09 Å². The van der Waals surface area contributed by atoms with Gasteiger partial charge in [-0.1, -0.05) is 0 Å². The van der Waals surface area contributed by atoms with Gasteiger partial charge in [-0.05, 0) is 12.8 Å². The quantitative estimate of drug-likeness (QED) is 0.672. The van der Waals surface area contributed by atoms with Gasteiger partial charge in [0, 0.05) is 18.3 Å². The number of hydrogen-bond donors (Lipinski definition) is 0. The first-order valence-corrected chi connectivity index (χ1v) is 5.14. The lowest BCUT2D eigenvalue weighted by Gasteiger charge is -2.12. The normalized spacial score (nSPS) is 21.4. The van der Waals surface area contributed by atoms with Crippen molar-refractivity contribution in [3.63, 3.8) is 0 Å². The summed E-state index contributed by atoms with van der Waals surface area (Å²) >= 11 is 5.54. The number of methoxy groups -OCH3 is 1. The molecule has 80 valence electrons. The number of nitrogens with zero attached hydrogens (tertiary/aromatic N) is 1. The van der Waals surface area contributed by atoms with Gasteiger partial charge in [-0.15, -0.1) is 11.6 Å². The van der Waals surface area contributed by atoms with Crippen LogP contribution in [0.25, 0.3) is 0 Å². The second-order valence-corrected chi connectivity index (χ2v) is 3.72. The molecule has 1 heterocycles. The van der Waals surface area contributed by atoms with Crippen LogP contribution in [-0.4, -0.2) is 42.9 Å². The number of halogens is 1. The molecule has 5 heteroatoms. The van der Waals surface area contributed by atoms with Crippen LogP contribution in [0.2, 0.25) is 0 Å². The van der Waals surface area contributed by atoms with Gasteiger partial charge >= 0.3 is 6.09 Å². The minimum Gasteiger partial charge on any atom is -0.453 e. The second-order valence-electron chi connectivity index (χ2n) is 3.35. The molecule has 1 aliphatic rings. The third-order valence-corrected chi connectivity index (χ3v) is 2.63. The zero-order valence-corrected chi connectivity index (χ0v) is 8.92. The Labute approximate surface area is 88.2 Å². The van der Waals surface area contributed by atoms with E-state index in [0.717, 1.165) is 12.8 Å². The molecule has 14 heavy (non-hydrogen) atoms. The number of carbonyl (C=O) groups is 2. The number of likely N-dealkylation sites (tertiary alicyclic amines) is 1. The largest absolute Gasteiger partial charge is 0.453 e. The van der Waals surface area contributed by atoms with Crippen molar-refractivity contribution < 1.29 is 14.3 Å². The molecule has 1 fully saturated rings. The zero-order chi connectivity index (χ0) is 10.6. The monoisotopic (exact) mass is 219 g/mol. The van der Waals surface area contributed by atoms with Crippen molar-refractivity contribution in [2.45, 2.75) is 12.8 Å². The Bertz CT molecular complexity index is 232. The maximum absolute atomic E-state index is 11.4. The molecule has 0 radical (unpaired) electrons. The van der Waals surface area contributed by atoms with Gasteiger partial charge in [-0.3, -0.25) is 4.79 Å². The van der Waals surface area contributed by atoms with Crippen LogP contribution in [0.4, 0.5) is 4.79 Å². The molecule has 0 aromatic carbocycles. The van der Waals surface area contributed by atoms with Crippen LogP contribution in [0.1, 0.15) is 12.8 Å². The van der Waals surface area contributed by atoms with Crippen molar-refractivity contribution in [3.05, 3.63) is 0 Å². The number of ether oxygens (including phenoxy) is 1. The SMILES string of the molecule is COC(=O)N1CC(=O)C(CCCCl)C1. The van der Waals surface area contributed by atoms with Crippen LogP contribution in [0.5, 0.6) is 0 Å². The number of amides is 1. The van der Waals surface area contributed by atoms with E-state index in [9.17, 15) is 9.59 Å². The Morgan fingerprint density at radius 2 is 2.43 bits per heavy atom. The molecule has 0 spiro atoms. The molecule has 4 nitrogen and oxygen atoms in total. The maximum atomic E-state index is 11.4. The summed E-state index contributed by atoms with van der Waals surface area (Å²) in [5, 5.41) is 0. The Hall–Kier alpha value is -0.770.